The number of aldehydes is 1. The van der Waals surface area contributed by atoms with Gasteiger partial charge in [-0.05, 0) is 44.3 Å². The molecule has 28 heteroatoms. The van der Waals surface area contributed by atoms with Crippen LogP contribution in [0.4, 0.5) is 0 Å². The predicted octanol–water partition coefficient (Wildman–Crippen LogP) is -6.19. The van der Waals surface area contributed by atoms with Crippen LogP contribution in [0.25, 0.3) is 0 Å². The van der Waals surface area contributed by atoms with Crippen LogP contribution < -0.4 is 53.6 Å². The molecule has 27 nitrogen and oxygen atoms in total. The van der Waals surface area contributed by atoms with Gasteiger partial charge in [0.05, 0.1) is 39.3 Å². The van der Waals surface area contributed by atoms with E-state index in [1.807, 2.05) is 13.8 Å². The summed E-state index contributed by atoms with van der Waals surface area (Å²) < 4.78 is 5.40. The minimum Gasteiger partial charge on any atom is -0.481 e. The number of ether oxygens (including phenoxy) is 1. The molecule has 1 aliphatic rings. The smallest absolute Gasteiger partial charge is 0.303 e. The van der Waals surface area contributed by atoms with Crippen LogP contribution in [-0.2, 0) is 67.1 Å². The quantitative estimate of drug-likeness (QED) is 0.0215. The molecule has 0 spiro atoms. The number of rotatable bonds is 33. The number of nitrogens with one attached hydrogen (secondary N) is 9. The van der Waals surface area contributed by atoms with Crippen molar-refractivity contribution in [2.75, 3.05) is 71.0 Å². The number of thioether (sulfide) groups is 1. The third-order valence-electron chi connectivity index (χ3n) is 9.41. The number of hydrogen-bond acceptors (Lipinski definition) is 16. The molecule has 5 atom stereocenters. The molecular formula is C39H63N11O16S. The molecule has 0 aromatic carbocycles. The molecule has 0 aromatic rings. The molecular weight excluding hydrogens is 911 g/mol. The Balaban J connectivity index is 2.65. The summed E-state index contributed by atoms with van der Waals surface area (Å²) in [7, 11) is 0. The van der Waals surface area contributed by atoms with Crippen LogP contribution in [0, 0.1) is 5.92 Å². The second-order valence-electron chi connectivity index (χ2n) is 15.3. The van der Waals surface area contributed by atoms with Gasteiger partial charge in [-0.15, -0.1) is 0 Å². The number of carbonyl (C=O) groups excluding carboxylic acids is 11. The van der Waals surface area contributed by atoms with E-state index in [0.717, 1.165) is 0 Å². The topological polar surface area (TPSA) is 409 Å². The Morgan fingerprint density at radius 1 is 0.701 bits per heavy atom. The second-order valence-corrected chi connectivity index (χ2v) is 16.2. The monoisotopic (exact) mass is 973 g/mol. The Hall–Kier alpha value is -6.42. The van der Waals surface area contributed by atoms with Gasteiger partial charge < -0.3 is 78.2 Å². The fourth-order valence-electron chi connectivity index (χ4n) is 6.18. The maximum Gasteiger partial charge on any atom is 0.303 e. The number of likely N-dealkylation sites (tertiary alicyclic amines) is 1. The number of hydrogen-bond donors (Lipinski definition) is 12. The lowest BCUT2D eigenvalue weighted by Gasteiger charge is -2.27. The van der Waals surface area contributed by atoms with E-state index in [4.69, 9.17) is 20.7 Å². The third-order valence-corrected chi connectivity index (χ3v) is 10.1. The Labute approximate surface area is 390 Å². The van der Waals surface area contributed by atoms with Crippen LogP contribution in [0.2, 0.25) is 0 Å². The minimum absolute atomic E-state index is 0.0644. The molecule has 1 rings (SSSR count). The third kappa shape index (κ3) is 24.6. The van der Waals surface area contributed by atoms with Crippen LogP contribution in [0.3, 0.4) is 0 Å². The van der Waals surface area contributed by atoms with Crippen LogP contribution in [0.5, 0.6) is 0 Å². The Kier molecular flexibility index (Phi) is 28.2. The van der Waals surface area contributed by atoms with E-state index in [9.17, 15) is 62.3 Å². The predicted molar refractivity (Wildman–Crippen MR) is 235 cm³/mol. The summed E-state index contributed by atoms with van der Waals surface area (Å²) in [5.41, 5.74) is 5.23. The van der Waals surface area contributed by atoms with Crippen molar-refractivity contribution >= 4 is 89.1 Å². The first-order valence-corrected chi connectivity index (χ1v) is 22.6. The molecule has 0 radical (unpaired) electrons. The maximum absolute atomic E-state index is 13.4. The summed E-state index contributed by atoms with van der Waals surface area (Å²) in [5, 5.41) is 39.4. The van der Waals surface area contributed by atoms with Gasteiger partial charge in [0, 0.05) is 31.7 Å². The zero-order valence-corrected chi connectivity index (χ0v) is 38.4. The number of carbonyl (C=O) groups is 13. The summed E-state index contributed by atoms with van der Waals surface area (Å²) in [5.74, 6) is -9.74. The second kappa shape index (κ2) is 32.3. The zero-order valence-electron chi connectivity index (χ0n) is 37.6. The minimum atomic E-state index is -1.46. The van der Waals surface area contributed by atoms with Crippen molar-refractivity contribution in [2.24, 2.45) is 11.7 Å². The number of nitrogens with zero attached hydrogens (tertiary/aromatic N) is 1. The molecule has 376 valence electrons. The molecule has 1 fully saturated rings. The van der Waals surface area contributed by atoms with Crippen molar-refractivity contribution in [1.29, 1.82) is 0 Å². The van der Waals surface area contributed by atoms with Crippen molar-refractivity contribution < 1.29 is 77.3 Å². The highest BCUT2D eigenvalue weighted by atomic mass is 32.2. The van der Waals surface area contributed by atoms with E-state index in [1.54, 1.807) is 6.26 Å². The van der Waals surface area contributed by atoms with E-state index in [1.165, 1.54) is 16.7 Å². The molecule has 1 aliphatic heterocycles. The molecule has 0 aliphatic carbocycles. The van der Waals surface area contributed by atoms with Gasteiger partial charge in [-0.1, -0.05) is 13.8 Å². The first-order chi connectivity index (χ1) is 31.7. The fraction of sp³-hybridized carbons (Fsp3) is 0.667. The fourth-order valence-corrected chi connectivity index (χ4v) is 6.75. The van der Waals surface area contributed by atoms with Gasteiger partial charge in [-0.25, -0.2) is 0 Å². The van der Waals surface area contributed by atoms with Gasteiger partial charge in [-0.2, -0.15) is 11.8 Å². The molecule has 10 amide bonds. The number of nitrogens with two attached hydrogens (primary N) is 1. The average Bonchev–Trinajstić information content (AvgIpc) is 3.78. The van der Waals surface area contributed by atoms with Gasteiger partial charge >= 0.3 is 11.9 Å². The van der Waals surface area contributed by atoms with Gasteiger partial charge in [0.2, 0.25) is 59.1 Å². The van der Waals surface area contributed by atoms with Crippen molar-refractivity contribution in [3.05, 3.63) is 0 Å². The highest BCUT2D eigenvalue weighted by Gasteiger charge is 2.36. The zero-order chi connectivity index (χ0) is 50.5. The summed E-state index contributed by atoms with van der Waals surface area (Å²) in [6.45, 7) is 0.516. The summed E-state index contributed by atoms with van der Waals surface area (Å²) in [6, 6.07) is -5.75. The van der Waals surface area contributed by atoms with E-state index in [-0.39, 0.29) is 50.8 Å². The van der Waals surface area contributed by atoms with Crippen molar-refractivity contribution in [1.82, 2.24) is 52.8 Å². The largest absolute Gasteiger partial charge is 0.481 e. The van der Waals surface area contributed by atoms with Gasteiger partial charge in [-0.3, -0.25) is 57.5 Å². The molecule has 67 heavy (non-hydrogen) atoms. The van der Waals surface area contributed by atoms with Gasteiger partial charge in [0.1, 0.15) is 43.1 Å². The van der Waals surface area contributed by atoms with Gasteiger partial charge in [0.15, 0.2) is 0 Å². The molecule has 1 heterocycles. The average molecular weight is 974 g/mol. The SMILES string of the molecule is CSCC(NC(=O)CNC(=O)C(CC(C)C)NC(=O)C1CCCN1C(=O)COCCNC(=O)CNC(=O)C(CCC(=O)O)NC(=O)CNC(=O)C(CCC(=O)O)NC(=O)CN)C(=O)NCC=O. The number of carboxylic acids is 2. The van der Waals surface area contributed by atoms with E-state index < -0.39 is 153 Å². The Morgan fingerprint density at radius 3 is 1.72 bits per heavy atom. The van der Waals surface area contributed by atoms with Crippen LogP contribution in [0.15, 0.2) is 0 Å². The van der Waals surface area contributed by atoms with Crippen LogP contribution in [-0.4, -0.2) is 194 Å². The first-order valence-electron chi connectivity index (χ1n) is 21.2. The number of aliphatic carboxylic acids is 2. The Morgan fingerprint density at radius 2 is 1.21 bits per heavy atom. The molecule has 13 N–H and O–H groups in total. The van der Waals surface area contributed by atoms with Crippen LogP contribution >= 0.6 is 11.8 Å². The standard InChI is InChI=1S/C39H63N11O16S/c1-22(2)15-25(37(63)45-19-31(55)48-26(21-67-3)38(64)42-10-13-51)49-39(65)27-5-4-12-50(27)32(56)20-66-14-11-41-29(53)17-43-36(62)24(7-9-34(59)60)47-30(54)18-44-35(61)23(6-8-33(57)58)46-28(52)16-40/h13,22-27H,4-12,14-21,40H2,1-3H3,(H,41,53)(H,42,64)(H,43,62)(H,44,61)(H,45,63)(H,46,52)(H,47,54)(H,48,55)(H,49,65)(H,57,58)(H,59,60). The summed E-state index contributed by atoms with van der Waals surface area (Å²) in [6.07, 6.45) is 1.41. The van der Waals surface area contributed by atoms with Crippen molar-refractivity contribution in [3.63, 3.8) is 0 Å². The highest BCUT2D eigenvalue weighted by Crippen LogP contribution is 2.18. The van der Waals surface area contributed by atoms with Crippen molar-refractivity contribution in [2.45, 2.75) is 89.0 Å². The lowest BCUT2D eigenvalue weighted by Crippen LogP contribution is -2.55. The lowest BCUT2D eigenvalue weighted by atomic mass is 10.0. The normalized spacial score (nSPS) is 14.8. The van der Waals surface area contributed by atoms with E-state index >= 15 is 0 Å². The highest BCUT2D eigenvalue weighted by molar-refractivity contribution is 7.98. The van der Waals surface area contributed by atoms with Crippen LogP contribution in [0.1, 0.15) is 58.8 Å². The van der Waals surface area contributed by atoms with Gasteiger partial charge in [0.25, 0.3) is 0 Å². The molecule has 5 unspecified atom stereocenters. The Bertz CT molecular complexity index is 1770. The molecule has 0 bridgehead atoms. The van der Waals surface area contributed by atoms with E-state index in [0.29, 0.717) is 19.1 Å². The molecule has 1 saturated heterocycles. The summed E-state index contributed by atoms with van der Waals surface area (Å²) >= 11 is 1.28. The summed E-state index contributed by atoms with van der Waals surface area (Å²) in [4.78, 5) is 161. The molecule has 0 aromatic heterocycles. The first kappa shape index (κ1) is 58.6. The maximum atomic E-state index is 13.4. The molecule has 0 saturated carbocycles. The lowest BCUT2D eigenvalue weighted by molar-refractivity contribution is -0.142. The number of carboxylic acid groups (broad SMARTS) is 2. The number of amides is 10. The van der Waals surface area contributed by atoms with E-state index in [2.05, 4.69) is 47.9 Å². The van der Waals surface area contributed by atoms with Crippen molar-refractivity contribution in [3.8, 4) is 0 Å².